The van der Waals surface area contributed by atoms with Gasteiger partial charge < -0.3 is 5.32 Å². The van der Waals surface area contributed by atoms with Crippen LogP contribution in [0.15, 0.2) is 95.5 Å². The minimum Gasteiger partial charge on any atom is -0.355 e. The van der Waals surface area contributed by atoms with Gasteiger partial charge in [-0.3, -0.25) is 0 Å². The summed E-state index contributed by atoms with van der Waals surface area (Å²) in [6.07, 6.45) is 4.35. The largest absolute Gasteiger partial charge is 0.355 e. The Morgan fingerprint density at radius 2 is 1.58 bits per heavy atom. The number of aryl methyl sites for hydroxylation is 1. The van der Waals surface area contributed by atoms with Crippen molar-refractivity contribution in [3.63, 3.8) is 0 Å². The quantitative estimate of drug-likeness (QED) is 0.440. The molecule has 0 saturated carbocycles. The lowest BCUT2D eigenvalue weighted by Gasteiger charge is -2.14. The van der Waals surface area contributed by atoms with E-state index in [1.807, 2.05) is 12.1 Å². The molecule has 0 fully saturated rings. The summed E-state index contributed by atoms with van der Waals surface area (Å²) in [7, 11) is 0. The van der Waals surface area contributed by atoms with Crippen molar-refractivity contribution in [1.29, 1.82) is 0 Å². The second-order valence-corrected chi connectivity index (χ2v) is 7.09. The second kappa shape index (κ2) is 8.68. The first-order chi connectivity index (χ1) is 12.7. The van der Waals surface area contributed by atoms with Crippen molar-refractivity contribution in [2.75, 3.05) is 5.32 Å². The lowest BCUT2D eigenvalue weighted by molar-refractivity contribution is 1.44. The minimum absolute atomic E-state index is 1.06. The SMILES string of the molecule is C/C=C(\C=C(/Nc1cccc(C)c1)c1cccc(Br)c1)c1ccccc1. The molecule has 3 aromatic rings. The Morgan fingerprint density at radius 1 is 0.846 bits per heavy atom. The van der Waals surface area contributed by atoms with E-state index in [4.69, 9.17) is 0 Å². The van der Waals surface area contributed by atoms with Crippen molar-refractivity contribution in [3.8, 4) is 0 Å². The zero-order chi connectivity index (χ0) is 18.4. The fourth-order valence-corrected chi connectivity index (χ4v) is 3.24. The second-order valence-electron chi connectivity index (χ2n) is 6.17. The highest BCUT2D eigenvalue weighted by Crippen LogP contribution is 2.26. The van der Waals surface area contributed by atoms with E-state index in [2.05, 4.69) is 114 Å². The first-order valence-electron chi connectivity index (χ1n) is 8.69. The van der Waals surface area contributed by atoms with E-state index in [1.54, 1.807) is 0 Å². The molecule has 2 heteroatoms. The number of hydrogen-bond donors (Lipinski definition) is 1. The van der Waals surface area contributed by atoms with Gasteiger partial charge in [0, 0.05) is 15.9 Å². The molecule has 0 aromatic heterocycles. The number of rotatable bonds is 5. The maximum absolute atomic E-state index is 3.60. The van der Waals surface area contributed by atoms with Crippen molar-refractivity contribution in [3.05, 3.63) is 112 Å². The van der Waals surface area contributed by atoms with Gasteiger partial charge in [-0.25, -0.2) is 0 Å². The number of hydrogen-bond acceptors (Lipinski definition) is 1. The molecule has 0 aliphatic rings. The van der Waals surface area contributed by atoms with Gasteiger partial charge in [0.15, 0.2) is 0 Å². The number of anilines is 1. The van der Waals surface area contributed by atoms with Gasteiger partial charge in [0.1, 0.15) is 0 Å². The molecule has 3 rings (SSSR count). The average Bonchev–Trinajstić information content (AvgIpc) is 2.66. The predicted octanol–water partition coefficient (Wildman–Crippen LogP) is 7.31. The fourth-order valence-electron chi connectivity index (χ4n) is 2.85. The molecule has 0 aliphatic carbocycles. The lowest BCUT2D eigenvalue weighted by Crippen LogP contribution is -2.00. The van der Waals surface area contributed by atoms with Crippen molar-refractivity contribution >= 4 is 32.9 Å². The highest BCUT2D eigenvalue weighted by molar-refractivity contribution is 9.10. The van der Waals surface area contributed by atoms with Crippen LogP contribution in [-0.2, 0) is 0 Å². The third kappa shape index (κ3) is 4.74. The standard InChI is InChI=1S/C24H22BrN/c1-3-19(20-10-5-4-6-11-20)17-24(21-12-8-13-22(25)16-21)26-23-14-7-9-18(2)15-23/h3-17,26H,1-2H3/b19-3+,24-17-. The van der Waals surface area contributed by atoms with Crippen LogP contribution in [0, 0.1) is 6.92 Å². The van der Waals surface area contributed by atoms with Crippen molar-refractivity contribution in [1.82, 2.24) is 0 Å². The summed E-state index contributed by atoms with van der Waals surface area (Å²) in [6, 6.07) is 27.2. The molecule has 0 amide bonds. The van der Waals surface area contributed by atoms with E-state index < -0.39 is 0 Å². The normalized spacial score (nSPS) is 12.1. The van der Waals surface area contributed by atoms with Gasteiger partial charge in [0.2, 0.25) is 0 Å². The smallest absolute Gasteiger partial charge is 0.0464 e. The molecule has 26 heavy (non-hydrogen) atoms. The van der Waals surface area contributed by atoms with Crippen molar-refractivity contribution < 1.29 is 0 Å². The van der Waals surface area contributed by atoms with Crippen LogP contribution in [0.1, 0.15) is 23.6 Å². The number of benzene rings is 3. The Bertz CT molecular complexity index is 939. The van der Waals surface area contributed by atoms with E-state index in [-0.39, 0.29) is 0 Å². The summed E-state index contributed by atoms with van der Waals surface area (Å²) in [5.74, 6) is 0. The topological polar surface area (TPSA) is 12.0 Å². The first-order valence-corrected chi connectivity index (χ1v) is 9.48. The Morgan fingerprint density at radius 3 is 2.27 bits per heavy atom. The maximum Gasteiger partial charge on any atom is 0.0464 e. The molecule has 0 atom stereocenters. The summed E-state index contributed by atoms with van der Waals surface area (Å²) in [6.45, 7) is 4.18. The number of allylic oxidation sites excluding steroid dienone is 3. The summed E-state index contributed by atoms with van der Waals surface area (Å²) in [5.41, 5.74) is 6.90. The predicted molar refractivity (Wildman–Crippen MR) is 117 cm³/mol. The van der Waals surface area contributed by atoms with Crippen LogP contribution in [-0.4, -0.2) is 0 Å². The number of halogens is 1. The molecule has 0 radical (unpaired) electrons. The molecule has 3 aromatic carbocycles. The Labute approximate surface area is 164 Å². The van der Waals surface area contributed by atoms with E-state index in [0.717, 1.165) is 21.4 Å². The summed E-state index contributed by atoms with van der Waals surface area (Å²) in [5, 5.41) is 3.60. The van der Waals surface area contributed by atoms with Gasteiger partial charge >= 0.3 is 0 Å². The first kappa shape index (κ1) is 18.2. The maximum atomic E-state index is 3.60. The van der Waals surface area contributed by atoms with Gasteiger partial charge in [0.05, 0.1) is 0 Å². The van der Waals surface area contributed by atoms with Gasteiger partial charge in [-0.05, 0) is 66.5 Å². The van der Waals surface area contributed by atoms with Crippen LogP contribution < -0.4 is 5.32 Å². The van der Waals surface area contributed by atoms with Crippen molar-refractivity contribution in [2.45, 2.75) is 13.8 Å². The van der Waals surface area contributed by atoms with Crippen LogP contribution in [0.4, 0.5) is 5.69 Å². The van der Waals surface area contributed by atoms with Gasteiger partial charge in [-0.1, -0.05) is 76.6 Å². The van der Waals surface area contributed by atoms with E-state index in [1.165, 1.54) is 16.7 Å². The third-order valence-electron chi connectivity index (χ3n) is 4.15. The molecule has 0 spiro atoms. The summed E-state index contributed by atoms with van der Waals surface area (Å²) < 4.78 is 1.06. The average molecular weight is 404 g/mol. The van der Waals surface area contributed by atoms with Crippen molar-refractivity contribution in [2.24, 2.45) is 0 Å². The van der Waals surface area contributed by atoms with Crippen LogP contribution in [0.25, 0.3) is 11.3 Å². The fraction of sp³-hybridized carbons (Fsp3) is 0.0833. The molecule has 0 heterocycles. The van der Waals surface area contributed by atoms with E-state index >= 15 is 0 Å². The zero-order valence-corrected chi connectivity index (χ0v) is 16.6. The molecule has 0 aliphatic heterocycles. The highest BCUT2D eigenvalue weighted by atomic mass is 79.9. The molecule has 0 saturated heterocycles. The van der Waals surface area contributed by atoms with Gasteiger partial charge in [-0.15, -0.1) is 0 Å². The highest BCUT2D eigenvalue weighted by Gasteiger charge is 2.06. The van der Waals surface area contributed by atoms with Crippen LogP contribution in [0.2, 0.25) is 0 Å². The van der Waals surface area contributed by atoms with E-state index in [9.17, 15) is 0 Å². The molecule has 0 bridgehead atoms. The molecule has 130 valence electrons. The van der Waals surface area contributed by atoms with Crippen LogP contribution in [0.5, 0.6) is 0 Å². The molecular weight excluding hydrogens is 382 g/mol. The molecule has 1 nitrogen and oxygen atoms in total. The molecule has 1 N–H and O–H groups in total. The van der Waals surface area contributed by atoms with Gasteiger partial charge in [0.25, 0.3) is 0 Å². The summed E-state index contributed by atoms with van der Waals surface area (Å²) >= 11 is 3.59. The lowest BCUT2D eigenvalue weighted by atomic mass is 10.0. The van der Waals surface area contributed by atoms with Gasteiger partial charge in [-0.2, -0.15) is 0 Å². The monoisotopic (exact) mass is 403 g/mol. The van der Waals surface area contributed by atoms with Crippen LogP contribution in [0.3, 0.4) is 0 Å². The molecular formula is C24H22BrN. The van der Waals surface area contributed by atoms with Crippen LogP contribution >= 0.6 is 15.9 Å². The zero-order valence-electron chi connectivity index (χ0n) is 15.0. The number of nitrogens with one attached hydrogen (secondary N) is 1. The third-order valence-corrected chi connectivity index (χ3v) is 4.64. The Hall–Kier alpha value is -2.58. The Balaban J connectivity index is 2.05. The molecule has 0 unspecified atom stereocenters. The summed E-state index contributed by atoms with van der Waals surface area (Å²) in [4.78, 5) is 0. The Kier molecular flexibility index (Phi) is 6.08. The minimum atomic E-state index is 1.06. The van der Waals surface area contributed by atoms with E-state index in [0.29, 0.717) is 0 Å².